The second-order valence-corrected chi connectivity index (χ2v) is 5.52. The predicted molar refractivity (Wildman–Crippen MR) is 69.6 cm³/mol. The molecule has 1 N–H and O–H groups in total. The van der Waals surface area contributed by atoms with E-state index in [9.17, 15) is 13.2 Å². The first kappa shape index (κ1) is 14.8. The van der Waals surface area contributed by atoms with Crippen LogP contribution in [0.2, 0.25) is 0 Å². The van der Waals surface area contributed by atoms with E-state index in [-0.39, 0.29) is 13.2 Å². The van der Waals surface area contributed by atoms with Gasteiger partial charge in [-0.3, -0.25) is 9.58 Å². The Morgan fingerprint density at radius 3 is 3.05 bits per heavy atom. The summed E-state index contributed by atoms with van der Waals surface area (Å²) in [6.45, 7) is 3.53. The predicted octanol–water partition coefficient (Wildman–Crippen LogP) is 1.14. The van der Waals surface area contributed by atoms with Gasteiger partial charge in [-0.2, -0.15) is 18.3 Å². The van der Waals surface area contributed by atoms with Gasteiger partial charge in [-0.05, 0) is 19.0 Å². The molecule has 1 aromatic heterocycles. The van der Waals surface area contributed by atoms with E-state index < -0.39 is 12.3 Å². The highest BCUT2D eigenvalue weighted by Gasteiger charge is 2.43. The molecule has 1 fully saturated rings. The normalized spacial score (nSPS) is 24.6. The first-order valence-corrected chi connectivity index (χ1v) is 7.19. The second-order valence-electron chi connectivity index (χ2n) is 5.52. The molecule has 118 valence electrons. The van der Waals surface area contributed by atoms with Crippen LogP contribution in [0.3, 0.4) is 0 Å². The Balaban J connectivity index is 1.64. The number of rotatable bonds is 2. The quantitative estimate of drug-likeness (QED) is 0.890. The second kappa shape index (κ2) is 5.94. The third-order valence-corrected chi connectivity index (χ3v) is 3.84. The third-order valence-electron chi connectivity index (χ3n) is 3.84. The minimum atomic E-state index is -4.30. The number of halogens is 3. The highest BCUT2D eigenvalue weighted by atomic mass is 19.4. The zero-order valence-corrected chi connectivity index (χ0v) is 11.7. The van der Waals surface area contributed by atoms with Crippen LogP contribution in [0.5, 0.6) is 0 Å². The Hall–Kier alpha value is -1.12. The maximum atomic E-state index is 12.7. The van der Waals surface area contributed by atoms with Crippen molar-refractivity contribution in [2.45, 2.75) is 38.3 Å². The Labute approximate surface area is 121 Å². The number of hydrogen-bond acceptors (Lipinski definition) is 4. The monoisotopic (exact) mass is 304 g/mol. The molecule has 0 spiro atoms. The minimum Gasteiger partial charge on any atom is -0.366 e. The fourth-order valence-electron chi connectivity index (χ4n) is 2.77. The van der Waals surface area contributed by atoms with Crippen molar-refractivity contribution in [2.75, 3.05) is 26.2 Å². The Morgan fingerprint density at radius 2 is 2.24 bits per heavy atom. The van der Waals surface area contributed by atoms with Crippen LogP contribution < -0.4 is 5.32 Å². The number of aryl methyl sites for hydroxylation is 1. The maximum Gasteiger partial charge on any atom is 0.415 e. The van der Waals surface area contributed by atoms with Crippen LogP contribution in [0.25, 0.3) is 0 Å². The van der Waals surface area contributed by atoms with E-state index in [4.69, 9.17) is 4.74 Å². The summed E-state index contributed by atoms with van der Waals surface area (Å²) in [7, 11) is 0. The number of hydrogen-bond donors (Lipinski definition) is 1. The van der Waals surface area contributed by atoms with Gasteiger partial charge in [0.15, 0.2) is 6.10 Å². The highest BCUT2D eigenvalue weighted by molar-refractivity contribution is 5.11. The lowest BCUT2D eigenvalue weighted by Gasteiger charge is -2.33. The number of morpholine rings is 1. The molecular weight excluding hydrogens is 285 g/mol. The van der Waals surface area contributed by atoms with E-state index in [1.165, 1.54) is 0 Å². The molecule has 5 nitrogen and oxygen atoms in total. The van der Waals surface area contributed by atoms with Crippen molar-refractivity contribution in [1.29, 1.82) is 0 Å². The van der Waals surface area contributed by atoms with Gasteiger partial charge in [-0.15, -0.1) is 0 Å². The van der Waals surface area contributed by atoms with E-state index in [1.807, 2.05) is 10.7 Å². The van der Waals surface area contributed by atoms with E-state index >= 15 is 0 Å². The van der Waals surface area contributed by atoms with Gasteiger partial charge in [0, 0.05) is 32.7 Å². The summed E-state index contributed by atoms with van der Waals surface area (Å²) >= 11 is 0. The fourth-order valence-corrected chi connectivity index (χ4v) is 2.77. The van der Waals surface area contributed by atoms with Gasteiger partial charge in [0.2, 0.25) is 0 Å². The molecule has 3 heterocycles. The summed E-state index contributed by atoms with van der Waals surface area (Å²) in [5, 5.41) is 7.81. The van der Waals surface area contributed by atoms with Crippen LogP contribution in [0.15, 0.2) is 6.07 Å². The molecule has 0 amide bonds. The minimum absolute atomic E-state index is 0.110. The average Bonchev–Trinajstić information content (AvgIpc) is 2.67. The van der Waals surface area contributed by atoms with Gasteiger partial charge in [0.1, 0.15) is 0 Å². The van der Waals surface area contributed by atoms with Gasteiger partial charge < -0.3 is 10.1 Å². The summed E-state index contributed by atoms with van der Waals surface area (Å²) in [5.74, 6) is 0. The summed E-state index contributed by atoms with van der Waals surface area (Å²) in [6, 6.07) is 1.98. The third kappa shape index (κ3) is 3.56. The average molecular weight is 304 g/mol. The molecular formula is C13H19F3N4O. The van der Waals surface area contributed by atoms with Crippen molar-refractivity contribution in [3.8, 4) is 0 Å². The maximum absolute atomic E-state index is 12.7. The molecule has 2 aliphatic heterocycles. The number of aromatic nitrogens is 2. The van der Waals surface area contributed by atoms with Crippen molar-refractivity contribution >= 4 is 0 Å². The summed E-state index contributed by atoms with van der Waals surface area (Å²) in [5.41, 5.74) is 1.93. The molecule has 0 bridgehead atoms. The SMILES string of the molecule is FC(F)(F)C1CN(Cc2cc3n(n2)CCCNC3)CCO1. The zero-order chi connectivity index (χ0) is 14.9. The Bertz CT molecular complexity index is 465. The molecule has 1 aromatic rings. The van der Waals surface area contributed by atoms with E-state index in [2.05, 4.69) is 10.4 Å². The molecule has 8 heteroatoms. The van der Waals surface area contributed by atoms with Crippen LogP contribution in [-0.2, 0) is 24.4 Å². The number of ether oxygens (including phenoxy) is 1. The van der Waals surface area contributed by atoms with Crippen molar-refractivity contribution in [1.82, 2.24) is 20.0 Å². The summed E-state index contributed by atoms with van der Waals surface area (Å²) < 4.78 is 44.9. The van der Waals surface area contributed by atoms with E-state index in [1.54, 1.807) is 4.90 Å². The molecule has 1 unspecified atom stereocenters. The first-order chi connectivity index (χ1) is 10.0. The van der Waals surface area contributed by atoms with Gasteiger partial charge in [0.25, 0.3) is 0 Å². The molecule has 21 heavy (non-hydrogen) atoms. The summed E-state index contributed by atoms with van der Waals surface area (Å²) in [6.07, 6.45) is -4.97. The van der Waals surface area contributed by atoms with Gasteiger partial charge in [-0.1, -0.05) is 0 Å². The lowest BCUT2D eigenvalue weighted by atomic mass is 10.2. The van der Waals surface area contributed by atoms with Gasteiger partial charge in [0.05, 0.1) is 18.0 Å². The zero-order valence-electron chi connectivity index (χ0n) is 11.7. The number of nitrogens with zero attached hydrogens (tertiary/aromatic N) is 3. The molecule has 0 radical (unpaired) electrons. The molecule has 2 aliphatic rings. The van der Waals surface area contributed by atoms with Crippen LogP contribution in [0, 0.1) is 0 Å². The largest absolute Gasteiger partial charge is 0.415 e. The van der Waals surface area contributed by atoms with Crippen LogP contribution in [0.1, 0.15) is 17.8 Å². The van der Waals surface area contributed by atoms with Crippen molar-refractivity contribution in [2.24, 2.45) is 0 Å². The standard InChI is InChI=1S/C13H19F3N4O/c14-13(15,16)12-9-19(4-5-21-12)8-10-6-11-7-17-2-1-3-20(11)18-10/h6,12,17H,1-5,7-9H2. The lowest BCUT2D eigenvalue weighted by Crippen LogP contribution is -2.48. The van der Waals surface area contributed by atoms with E-state index in [0.29, 0.717) is 13.1 Å². The van der Waals surface area contributed by atoms with E-state index in [0.717, 1.165) is 37.4 Å². The van der Waals surface area contributed by atoms with Crippen molar-refractivity contribution in [3.63, 3.8) is 0 Å². The highest BCUT2D eigenvalue weighted by Crippen LogP contribution is 2.26. The molecule has 3 rings (SSSR count). The molecule has 1 saturated heterocycles. The Kier molecular flexibility index (Phi) is 4.19. The number of alkyl halides is 3. The van der Waals surface area contributed by atoms with Crippen LogP contribution in [-0.4, -0.2) is 53.2 Å². The molecule has 0 aromatic carbocycles. The molecule has 0 aliphatic carbocycles. The van der Waals surface area contributed by atoms with Crippen LogP contribution >= 0.6 is 0 Å². The summed E-state index contributed by atoms with van der Waals surface area (Å²) in [4.78, 5) is 1.76. The lowest BCUT2D eigenvalue weighted by molar-refractivity contribution is -0.237. The van der Waals surface area contributed by atoms with Crippen molar-refractivity contribution < 1.29 is 17.9 Å². The molecule has 0 saturated carbocycles. The first-order valence-electron chi connectivity index (χ1n) is 7.19. The van der Waals surface area contributed by atoms with Gasteiger partial charge >= 0.3 is 6.18 Å². The van der Waals surface area contributed by atoms with Crippen LogP contribution in [0.4, 0.5) is 13.2 Å². The molecule has 1 atom stereocenters. The van der Waals surface area contributed by atoms with Gasteiger partial charge in [-0.25, -0.2) is 0 Å². The number of fused-ring (bicyclic) bond motifs is 1. The number of nitrogens with one attached hydrogen (secondary N) is 1. The smallest absolute Gasteiger partial charge is 0.366 e. The topological polar surface area (TPSA) is 42.3 Å². The fraction of sp³-hybridized carbons (Fsp3) is 0.769. The Morgan fingerprint density at radius 1 is 1.38 bits per heavy atom. The van der Waals surface area contributed by atoms with Crippen molar-refractivity contribution in [3.05, 3.63) is 17.5 Å².